The lowest BCUT2D eigenvalue weighted by molar-refractivity contribution is 1.12. The highest BCUT2D eigenvalue weighted by molar-refractivity contribution is 6.19. The van der Waals surface area contributed by atoms with Crippen LogP contribution in [0, 0.1) is 13.8 Å². The predicted molar refractivity (Wildman–Crippen MR) is 53.5 cm³/mol. The Morgan fingerprint density at radius 2 is 1.92 bits per heavy atom. The van der Waals surface area contributed by atoms with Gasteiger partial charge in [-0.05, 0) is 31.5 Å². The molecule has 0 N–H and O–H groups in total. The van der Waals surface area contributed by atoms with E-state index >= 15 is 0 Å². The fourth-order valence-electron chi connectivity index (χ4n) is 1.14. The summed E-state index contributed by atoms with van der Waals surface area (Å²) in [6.07, 6.45) is 3.93. The SMILES string of the molecule is Cc1cc(C=CCCl)cc(C)n1. The first-order valence-electron chi connectivity index (χ1n) is 3.90. The summed E-state index contributed by atoms with van der Waals surface area (Å²) in [5.41, 5.74) is 3.26. The number of nitrogens with zero attached hydrogens (tertiary/aromatic N) is 1. The van der Waals surface area contributed by atoms with Gasteiger partial charge in [-0.3, -0.25) is 4.98 Å². The Labute approximate surface area is 78.1 Å². The minimum absolute atomic E-state index is 0.556. The Morgan fingerprint density at radius 1 is 1.33 bits per heavy atom. The molecule has 0 amide bonds. The van der Waals surface area contributed by atoms with Gasteiger partial charge in [0.25, 0.3) is 0 Å². The van der Waals surface area contributed by atoms with Crippen molar-refractivity contribution < 1.29 is 0 Å². The van der Waals surface area contributed by atoms with Crippen LogP contribution in [0.15, 0.2) is 18.2 Å². The van der Waals surface area contributed by atoms with Gasteiger partial charge in [0.2, 0.25) is 0 Å². The normalized spacial score (nSPS) is 10.9. The second-order valence-corrected chi connectivity index (χ2v) is 3.05. The number of pyridine rings is 1. The van der Waals surface area contributed by atoms with E-state index in [-0.39, 0.29) is 0 Å². The van der Waals surface area contributed by atoms with E-state index < -0.39 is 0 Å². The Bertz CT molecular complexity index is 272. The third kappa shape index (κ3) is 2.67. The molecule has 0 unspecified atom stereocenters. The van der Waals surface area contributed by atoms with E-state index in [1.165, 1.54) is 5.56 Å². The molecule has 0 radical (unpaired) electrons. The van der Waals surface area contributed by atoms with Crippen molar-refractivity contribution in [1.82, 2.24) is 4.98 Å². The van der Waals surface area contributed by atoms with E-state index in [2.05, 4.69) is 4.98 Å². The zero-order chi connectivity index (χ0) is 8.97. The molecular weight excluding hydrogens is 170 g/mol. The molecule has 0 aromatic carbocycles. The fourth-order valence-corrected chi connectivity index (χ4v) is 1.23. The molecule has 1 aromatic rings. The molecule has 64 valence electrons. The van der Waals surface area contributed by atoms with Crippen LogP contribution < -0.4 is 0 Å². The summed E-state index contributed by atoms with van der Waals surface area (Å²) >= 11 is 5.53. The molecule has 0 saturated carbocycles. The molecule has 0 fully saturated rings. The molecule has 0 atom stereocenters. The average Bonchev–Trinajstić information content (AvgIpc) is 1.99. The number of hydrogen-bond donors (Lipinski definition) is 0. The van der Waals surface area contributed by atoms with Crippen LogP contribution in [-0.2, 0) is 0 Å². The monoisotopic (exact) mass is 181 g/mol. The second-order valence-electron chi connectivity index (χ2n) is 2.74. The van der Waals surface area contributed by atoms with Crippen LogP contribution in [0.25, 0.3) is 6.08 Å². The lowest BCUT2D eigenvalue weighted by Gasteiger charge is -1.98. The highest BCUT2D eigenvalue weighted by Crippen LogP contribution is 2.06. The van der Waals surface area contributed by atoms with Crippen molar-refractivity contribution in [2.75, 3.05) is 5.88 Å². The van der Waals surface area contributed by atoms with Crippen molar-refractivity contribution in [1.29, 1.82) is 0 Å². The third-order valence-electron chi connectivity index (χ3n) is 1.50. The number of allylic oxidation sites excluding steroid dienone is 1. The van der Waals surface area contributed by atoms with Crippen molar-refractivity contribution in [3.63, 3.8) is 0 Å². The minimum atomic E-state index is 0.556. The van der Waals surface area contributed by atoms with Gasteiger partial charge in [0.1, 0.15) is 0 Å². The Hall–Kier alpha value is -0.820. The van der Waals surface area contributed by atoms with Gasteiger partial charge in [-0.1, -0.05) is 12.2 Å². The van der Waals surface area contributed by atoms with E-state index in [4.69, 9.17) is 11.6 Å². The molecule has 0 aliphatic carbocycles. The zero-order valence-corrected chi connectivity index (χ0v) is 8.10. The first-order chi connectivity index (χ1) is 5.72. The van der Waals surface area contributed by atoms with Crippen LogP contribution in [0.1, 0.15) is 17.0 Å². The van der Waals surface area contributed by atoms with Gasteiger partial charge in [-0.2, -0.15) is 0 Å². The van der Waals surface area contributed by atoms with E-state index in [9.17, 15) is 0 Å². The molecule has 0 saturated heterocycles. The maximum absolute atomic E-state index is 5.53. The van der Waals surface area contributed by atoms with Gasteiger partial charge >= 0.3 is 0 Å². The first kappa shape index (κ1) is 9.27. The van der Waals surface area contributed by atoms with E-state index in [1.807, 2.05) is 38.1 Å². The summed E-state index contributed by atoms with van der Waals surface area (Å²) in [5.74, 6) is 0.556. The quantitative estimate of drug-likeness (QED) is 0.640. The maximum Gasteiger partial charge on any atom is 0.0407 e. The highest BCUT2D eigenvalue weighted by Gasteiger charge is 1.91. The standard InChI is InChI=1S/C10H12ClN/c1-8-6-10(4-3-5-11)7-9(2)12-8/h3-4,6-7H,5H2,1-2H3. The van der Waals surface area contributed by atoms with Crippen LogP contribution in [0.2, 0.25) is 0 Å². The molecule has 0 spiro atoms. The summed E-state index contributed by atoms with van der Waals surface area (Å²) < 4.78 is 0. The maximum atomic E-state index is 5.53. The Balaban J connectivity index is 2.93. The van der Waals surface area contributed by atoms with Gasteiger partial charge < -0.3 is 0 Å². The number of halogens is 1. The lowest BCUT2D eigenvalue weighted by Crippen LogP contribution is -1.86. The van der Waals surface area contributed by atoms with E-state index in [1.54, 1.807) is 0 Å². The summed E-state index contributed by atoms with van der Waals surface area (Å²) in [4.78, 5) is 4.28. The van der Waals surface area contributed by atoms with Crippen LogP contribution in [0.3, 0.4) is 0 Å². The van der Waals surface area contributed by atoms with Gasteiger partial charge in [-0.15, -0.1) is 11.6 Å². The third-order valence-corrected chi connectivity index (χ3v) is 1.68. The second kappa shape index (κ2) is 4.27. The first-order valence-corrected chi connectivity index (χ1v) is 4.43. The Morgan fingerprint density at radius 3 is 2.42 bits per heavy atom. The van der Waals surface area contributed by atoms with Gasteiger partial charge in [0.05, 0.1) is 0 Å². The van der Waals surface area contributed by atoms with Crippen molar-refractivity contribution in [3.8, 4) is 0 Å². The van der Waals surface area contributed by atoms with E-state index in [0.717, 1.165) is 11.4 Å². The molecule has 0 bridgehead atoms. The van der Waals surface area contributed by atoms with Crippen molar-refractivity contribution >= 4 is 17.7 Å². The van der Waals surface area contributed by atoms with Crippen molar-refractivity contribution in [3.05, 3.63) is 35.2 Å². The van der Waals surface area contributed by atoms with Gasteiger partial charge in [0, 0.05) is 17.3 Å². The molecule has 1 nitrogen and oxygen atoms in total. The summed E-state index contributed by atoms with van der Waals surface area (Å²) in [7, 11) is 0. The topological polar surface area (TPSA) is 12.9 Å². The largest absolute Gasteiger partial charge is 0.258 e. The number of hydrogen-bond acceptors (Lipinski definition) is 1. The van der Waals surface area contributed by atoms with Crippen molar-refractivity contribution in [2.45, 2.75) is 13.8 Å². The van der Waals surface area contributed by atoms with Gasteiger partial charge in [0.15, 0.2) is 0 Å². The Kier molecular flexibility index (Phi) is 3.30. The lowest BCUT2D eigenvalue weighted by atomic mass is 10.2. The van der Waals surface area contributed by atoms with Gasteiger partial charge in [-0.25, -0.2) is 0 Å². The average molecular weight is 182 g/mol. The van der Waals surface area contributed by atoms with Crippen LogP contribution >= 0.6 is 11.6 Å². The molecular formula is C10H12ClN. The molecule has 2 heteroatoms. The minimum Gasteiger partial charge on any atom is -0.258 e. The number of aromatic nitrogens is 1. The molecule has 1 aromatic heterocycles. The van der Waals surface area contributed by atoms with Crippen LogP contribution in [-0.4, -0.2) is 10.9 Å². The smallest absolute Gasteiger partial charge is 0.0407 e. The molecule has 1 heterocycles. The number of alkyl halides is 1. The highest BCUT2D eigenvalue weighted by atomic mass is 35.5. The van der Waals surface area contributed by atoms with Crippen molar-refractivity contribution in [2.24, 2.45) is 0 Å². The van der Waals surface area contributed by atoms with E-state index in [0.29, 0.717) is 5.88 Å². The summed E-state index contributed by atoms with van der Waals surface area (Å²) in [5, 5.41) is 0. The van der Waals surface area contributed by atoms with Crippen LogP contribution in [0.5, 0.6) is 0 Å². The fraction of sp³-hybridized carbons (Fsp3) is 0.300. The predicted octanol–water partition coefficient (Wildman–Crippen LogP) is 2.95. The number of rotatable bonds is 2. The molecule has 0 aliphatic heterocycles. The summed E-state index contributed by atoms with van der Waals surface area (Å²) in [6, 6.07) is 4.08. The van der Waals surface area contributed by atoms with Crippen LogP contribution in [0.4, 0.5) is 0 Å². The zero-order valence-electron chi connectivity index (χ0n) is 7.34. The number of aryl methyl sites for hydroxylation is 2. The molecule has 12 heavy (non-hydrogen) atoms. The molecule has 1 rings (SSSR count). The summed E-state index contributed by atoms with van der Waals surface area (Å²) in [6.45, 7) is 3.98. The molecule has 0 aliphatic rings.